The fourth-order valence-electron chi connectivity index (χ4n) is 0.895. The Bertz CT molecular complexity index is 406. The van der Waals surface area contributed by atoms with Gasteiger partial charge in [-0.05, 0) is 12.1 Å². The van der Waals surface area contributed by atoms with E-state index in [0.29, 0.717) is 4.47 Å². The highest BCUT2D eigenvalue weighted by Crippen LogP contribution is 2.29. The topological polar surface area (TPSA) is 89.7 Å². The lowest BCUT2D eigenvalue weighted by molar-refractivity contribution is -0.385. The number of benzene rings is 1. The minimum Gasteiger partial charge on any atom is -0.479 e. The third-order valence-corrected chi connectivity index (χ3v) is 1.96. The van der Waals surface area contributed by atoms with E-state index in [1.54, 1.807) is 0 Å². The molecule has 0 radical (unpaired) electrons. The zero-order valence-electron chi connectivity index (χ0n) is 7.34. The van der Waals surface area contributed by atoms with E-state index in [1.165, 1.54) is 18.2 Å². The van der Waals surface area contributed by atoms with Gasteiger partial charge in [-0.2, -0.15) is 0 Å². The molecule has 0 aliphatic carbocycles. The van der Waals surface area contributed by atoms with Gasteiger partial charge in [0.25, 0.3) is 0 Å². The summed E-state index contributed by atoms with van der Waals surface area (Å²) < 4.78 is 5.28. The van der Waals surface area contributed by atoms with Gasteiger partial charge in [0.05, 0.1) is 4.92 Å². The summed E-state index contributed by atoms with van der Waals surface area (Å²) in [6.45, 7) is -0.609. The Morgan fingerprint density at radius 1 is 1.60 bits per heavy atom. The average Bonchev–Trinajstić information content (AvgIpc) is 2.15. The van der Waals surface area contributed by atoms with Crippen molar-refractivity contribution in [2.45, 2.75) is 0 Å². The second-order valence-corrected chi connectivity index (χ2v) is 3.47. The highest BCUT2D eigenvalue weighted by atomic mass is 79.9. The zero-order chi connectivity index (χ0) is 11.4. The summed E-state index contributed by atoms with van der Waals surface area (Å²) >= 11 is 3.07. The van der Waals surface area contributed by atoms with Crippen molar-refractivity contribution >= 4 is 27.6 Å². The van der Waals surface area contributed by atoms with E-state index in [2.05, 4.69) is 15.9 Å². The first-order chi connectivity index (χ1) is 7.00. The molecule has 6 nitrogen and oxygen atoms in total. The second kappa shape index (κ2) is 4.74. The van der Waals surface area contributed by atoms with Gasteiger partial charge in [0.1, 0.15) is 0 Å². The molecular weight excluding hydrogens is 270 g/mol. The zero-order valence-corrected chi connectivity index (χ0v) is 8.93. The molecule has 0 unspecified atom stereocenters. The number of carboxylic acid groups (broad SMARTS) is 1. The molecule has 0 aliphatic heterocycles. The number of ether oxygens (including phenoxy) is 1. The maximum absolute atomic E-state index is 10.6. The molecule has 80 valence electrons. The van der Waals surface area contributed by atoms with Gasteiger partial charge in [0.2, 0.25) is 0 Å². The Hall–Kier alpha value is -1.63. The molecule has 15 heavy (non-hydrogen) atoms. The molecule has 0 amide bonds. The van der Waals surface area contributed by atoms with Gasteiger partial charge < -0.3 is 9.84 Å². The number of nitro benzene ring substituents is 1. The maximum atomic E-state index is 10.6. The minimum atomic E-state index is -1.19. The van der Waals surface area contributed by atoms with Crippen molar-refractivity contribution in [3.8, 4) is 5.75 Å². The Balaban J connectivity index is 2.95. The van der Waals surface area contributed by atoms with E-state index in [9.17, 15) is 14.9 Å². The first kappa shape index (κ1) is 11.4. The van der Waals surface area contributed by atoms with E-state index >= 15 is 0 Å². The first-order valence-corrected chi connectivity index (χ1v) is 4.58. The van der Waals surface area contributed by atoms with Crippen molar-refractivity contribution in [1.82, 2.24) is 0 Å². The molecule has 0 heterocycles. The predicted molar refractivity (Wildman–Crippen MR) is 53.9 cm³/mol. The smallest absolute Gasteiger partial charge is 0.341 e. The normalized spacial score (nSPS) is 9.67. The Kier molecular flexibility index (Phi) is 3.62. The summed E-state index contributed by atoms with van der Waals surface area (Å²) in [4.78, 5) is 20.2. The highest BCUT2D eigenvalue weighted by molar-refractivity contribution is 9.10. The number of carbonyl (C=O) groups is 1. The number of halogens is 1. The molecule has 1 N–H and O–H groups in total. The summed E-state index contributed by atoms with van der Waals surface area (Å²) in [6.07, 6.45) is 0. The Labute approximate surface area is 92.8 Å². The fourth-order valence-corrected chi connectivity index (χ4v) is 1.24. The van der Waals surface area contributed by atoms with Crippen molar-refractivity contribution < 1.29 is 19.6 Å². The quantitative estimate of drug-likeness (QED) is 0.669. The molecule has 0 atom stereocenters. The van der Waals surface area contributed by atoms with Crippen LogP contribution in [0, 0.1) is 10.1 Å². The van der Waals surface area contributed by atoms with E-state index in [4.69, 9.17) is 9.84 Å². The van der Waals surface area contributed by atoms with E-state index in [0.717, 1.165) is 0 Å². The number of rotatable bonds is 4. The number of carboxylic acids is 1. The van der Waals surface area contributed by atoms with Crippen LogP contribution in [0.15, 0.2) is 22.7 Å². The molecule has 7 heteroatoms. The third-order valence-electron chi connectivity index (χ3n) is 1.47. The van der Waals surface area contributed by atoms with Crippen molar-refractivity contribution in [2.75, 3.05) is 6.61 Å². The number of aliphatic carboxylic acids is 1. The Morgan fingerprint density at radius 2 is 2.27 bits per heavy atom. The van der Waals surface area contributed by atoms with E-state index < -0.39 is 17.5 Å². The van der Waals surface area contributed by atoms with Gasteiger partial charge >= 0.3 is 11.7 Å². The predicted octanol–water partition coefficient (Wildman–Crippen LogP) is 1.82. The minimum absolute atomic E-state index is 0.0643. The van der Waals surface area contributed by atoms with Gasteiger partial charge in [-0.3, -0.25) is 10.1 Å². The lowest BCUT2D eigenvalue weighted by Crippen LogP contribution is -2.10. The molecule has 0 aromatic heterocycles. The molecule has 0 bridgehead atoms. The van der Waals surface area contributed by atoms with E-state index in [1.807, 2.05) is 0 Å². The SMILES string of the molecule is O=C(O)COc1ccc(Br)cc1[N+](=O)[O-]. The van der Waals surface area contributed by atoms with Gasteiger partial charge in [-0.25, -0.2) is 4.79 Å². The molecule has 0 spiro atoms. The third kappa shape index (κ3) is 3.21. The number of nitro groups is 1. The van der Waals surface area contributed by atoms with Crippen LogP contribution in [0.5, 0.6) is 5.75 Å². The molecule has 1 rings (SSSR count). The van der Waals surface area contributed by atoms with Crippen LogP contribution in [-0.2, 0) is 4.79 Å². The van der Waals surface area contributed by atoms with Gasteiger partial charge in [-0.1, -0.05) is 15.9 Å². The van der Waals surface area contributed by atoms with Crippen LogP contribution in [0.2, 0.25) is 0 Å². The lowest BCUT2D eigenvalue weighted by atomic mass is 10.3. The summed E-state index contributed by atoms with van der Waals surface area (Å²) in [6, 6.07) is 4.12. The van der Waals surface area contributed by atoms with Crippen molar-refractivity contribution in [1.29, 1.82) is 0 Å². The molecular formula is C8H6BrNO5. The molecule has 1 aromatic carbocycles. The Morgan fingerprint density at radius 3 is 2.80 bits per heavy atom. The largest absolute Gasteiger partial charge is 0.479 e. The van der Waals surface area contributed by atoms with Crippen LogP contribution >= 0.6 is 15.9 Å². The molecule has 0 saturated carbocycles. The summed E-state index contributed by atoms with van der Waals surface area (Å²) in [5.41, 5.74) is -0.273. The van der Waals surface area contributed by atoms with Crippen molar-refractivity contribution in [3.63, 3.8) is 0 Å². The van der Waals surface area contributed by atoms with Crippen LogP contribution < -0.4 is 4.74 Å². The van der Waals surface area contributed by atoms with Crippen LogP contribution in [0.25, 0.3) is 0 Å². The van der Waals surface area contributed by atoms with Gasteiger partial charge in [0, 0.05) is 10.5 Å². The van der Waals surface area contributed by atoms with Crippen molar-refractivity contribution in [2.24, 2.45) is 0 Å². The monoisotopic (exact) mass is 275 g/mol. The molecule has 1 aromatic rings. The standard InChI is InChI=1S/C8H6BrNO5/c9-5-1-2-7(15-4-8(11)12)6(3-5)10(13)14/h1-3H,4H2,(H,11,12). The lowest BCUT2D eigenvalue weighted by Gasteiger charge is -2.03. The maximum Gasteiger partial charge on any atom is 0.341 e. The summed E-state index contributed by atoms with van der Waals surface area (Å²) in [5, 5.41) is 18.9. The van der Waals surface area contributed by atoms with Crippen molar-refractivity contribution in [3.05, 3.63) is 32.8 Å². The molecule has 0 fully saturated rings. The number of hydrogen-bond donors (Lipinski definition) is 1. The number of hydrogen-bond acceptors (Lipinski definition) is 4. The molecule has 0 aliphatic rings. The van der Waals surface area contributed by atoms with Gasteiger partial charge in [0.15, 0.2) is 12.4 Å². The molecule has 0 saturated heterocycles. The second-order valence-electron chi connectivity index (χ2n) is 2.55. The summed E-state index contributed by atoms with van der Waals surface area (Å²) in [5.74, 6) is -1.25. The van der Waals surface area contributed by atoms with Crippen LogP contribution in [0.1, 0.15) is 0 Å². The first-order valence-electron chi connectivity index (χ1n) is 3.79. The van der Waals surface area contributed by atoms with Gasteiger partial charge in [-0.15, -0.1) is 0 Å². The number of nitrogens with zero attached hydrogens (tertiary/aromatic N) is 1. The summed E-state index contributed by atoms with van der Waals surface area (Å²) in [7, 11) is 0. The fraction of sp³-hybridized carbons (Fsp3) is 0.125. The van der Waals surface area contributed by atoms with Crippen LogP contribution in [0.3, 0.4) is 0 Å². The van der Waals surface area contributed by atoms with E-state index in [-0.39, 0.29) is 11.4 Å². The highest BCUT2D eigenvalue weighted by Gasteiger charge is 2.16. The average molecular weight is 276 g/mol. The van der Waals surface area contributed by atoms with Crippen LogP contribution in [0.4, 0.5) is 5.69 Å². The van der Waals surface area contributed by atoms with Crippen LogP contribution in [-0.4, -0.2) is 22.6 Å².